The summed E-state index contributed by atoms with van der Waals surface area (Å²) in [5.41, 5.74) is 0.888. The smallest absolute Gasteiger partial charge is 0.289 e. The van der Waals surface area contributed by atoms with Crippen LogP contribution in [0.1, 0.15) is 23.4 Å². The van der Waals surface area contributed by atoms with Gasteiger partial charge in [0, 0.05) is 42.8 Å². The Bertz CT molecular complexity index is 719. The van der Waals surface area contributed by atoms with Crippen LogP contribution in [0.25, 0.3) is 11.3 Å². The standard InChI is InChI=1S/C18H19ClN2O2/c19-14-3-1-2-13(12-14)16-4-5-17(23-16)18(22)21-11-10-20-8-6-15(21)7-9-20/h1-5,12,15H,6-11H2. The van der Waals surface area contributed by atoms with Gasteiger partial charge in [-0.3, -0.25) is 4.79 Å². The second kappa shape index (κ2) is 6.02. The molecule has 3 aliphatic rings. The monoisotopic (exact) mass is 330 g/mol. The SMILES string of the molecule is O=C(c1ccc(-c2cccc(Cl)c2)o1)N1CCN2CCC1CC2. The number of benzene rings is 1. The first-order valence-electron chi connectivity index (χ1n) is 8.10. The number of furan rings is 1. The predicted octanol–water partition coefficient (Wildman–Crippen LogP) is 3.52. The van der Waals surface area contributed by atoms with Gasteiger partial charge in [-0.25, -0.2) is 0 Å². The number of amides is 1. The summed E-state index contributed by atoms with van der Waals surface area (Å²) in [6.45, 7) is 3.95. The molecule has 0 aliphatic carbocycles. The van der Waals surface area contributed by atoms with Crippen LogP contribution in [0.4, 0.5) is 0 Å². The minimum Gasteiger partial charge on any atom is -0.451 e. The van der Waals surface area contributed by atoms with Crippen LogP contribution < -0.4 is 0 Å². The Kier molecular flexibility index (Phi) is 3.87. The van der Waals surface area contributed by atoms with Gasteiger partial charge >= 0.3 is 0 Å². The van der Waals surface area contributed by atoms with Gasteiger partial charge in [-0.2, -0.15) is 0 Å². The van der Waals surface area contributed by atoms with Gasteiger partial charge in [-0.1, -0.05) is 23.7 Å². The van der Waals surface area contributed by atoms with Gasteiger partial charge in [-0.15, -0.1) is 0 Å². The summed E-state index contributed by atoms with van der Waals surface area (Å²) in [6.07, 6.45) is 2.13. The lowest BCUT2D eigenvalue weighted by molar-refractivity contribution is 0.0653. The minimum absolute atomic E-state index is 0.00651. The maximum Gasteiger partial charge on any atom is 0.289 e. The highest BCUT2D eigenvalue weighted by Crippen LogP contribution is 2.27. The zero-order chi connectivity index (χ0) is 15.8. The summed E-state index contributed by atoms with van der Waals surface area (Å²) in [7, 11) is 0. The molecule has 0 atom stereocenters. The van der Waals surface area contributed by atoms with E-state index >= 15 is 0 Å². The van der Waals surface area contributed by atoms with Crippen molar-refractivity contribution in [1.82, 2.24) is 9.80 Å². The quantitative estimate of drug-likeness (QED) is 0.845. The average molecular weight is 331 g/mol. The van der Waals surface area contributed by atoms with Crippen molar-refractivity contribution in [2.45, 2.75) is 18.9 Å². The van der Waals surface area contributed by atoms with Crippen LogP contribution in [0.3, 0.4) is 0 Å². The predicted molar refractivity (Wildman–Crippen MR) is 89.7 cm³/mol. The highest BCUT2D eigenvalue weighted by Gasteiger charge is 2.33. The molecule has 3 saturated heterocycles. The molecule has 2 bridgehead atoms. The van der Waals surface area contributed by atoms with Crippen molar-refractivity contribution < 1.29 is 9.21 Å². The Balaban J connectivity index is 1.57. The molecule has 4 heterocycles. The van der Waals surface area contributed by atoms with E-state index in [-0.39, 0.29) is 5.91 Å². The highest BCUT2D eigenvalue weighted by atomic mass is 35.5. The zero-order valence-corrected chi connectivity index (χ0v) is 13.6. The number of hydrogen-bond donors (Lipinski definition) is 0. The van der Waals surface area contributed by atoms with Gasteiger partial charge in [0.15, 0.2) is 5.76 Å². The molecular weight excluding hydrogens is 312 g/mol. The highest BCUT2D eigenvalue weighted by molar-refractivity contribution is 6.30. The van der Waals surface area contributed by atoms with Crippen LogP contribution >= 0.6 is 11.6 Å². The van der Waals surface area contributed by atoms with Gasteiger partial charge in [0.2, 0.25) is 0 Å². The Labute approximate surface area is 140 Å². The molecule has 2 aromatic rings. The Hall–Kier alpha value is -1.78. The second-order valence-electron chi connectivity index (χ2n) is 6.25. The van der Waals surface area contributed by atoms with Crippen molar-refractivity contribution in [3.05, 3.63) is 47.2 Å². The third kappa shape index (κ3) is 2.89. The summed E-state index contributed by atoms with van der Waals surface area (Å²) >= 11 is 6.03. The van der Waals surface area contributed by atoms with Crippen LogP contribution in [-0.2, 0) is 0 Å². The van der Waals surface area contributed by atoms with Gasteiger partial charge in [0.05, 0.1) is 0 Å². The topological polar surface area (TPSA) is 36.7 Å². The van der Waals surface area contributed by atoms with E-state index in [0.717, 1.165) is 44.6 Å². The van der Waals surface area contributed by atoms with E-state index < -0.39 is 0 Å². The van der Waals surface area contributed by atoms with E-state index in [1.54, 1.807) is 6.07 Å². The summed E-state index contributed by atoms with van der Waals surface area (Å²) in [5, 5.41) is 0.658. The lowest BCUT2D eigenvalue weighted by Gasteiger charge is -2.30. The van der Waals surface area contributed by atoms with Crippen molar-refractivity contribution >= 4 is 17.5 Å². The molecule has 0 saturated carbocycles. The zero-order valence-electron chi connectivity index (χ0n) is 12.9. The number of hydrogen-bond acceptors (Lipinski definition) is 3. The van der Waals surface area contributed by atoms with Crippen LogP contribution in [-0.4, -0.2) is 47.9 Å². The normalized spacial score (nSPS) is 23.8. The molecule has 1 amide bonds. The van der Waals surface area contributed by atoms with Gasteiger partial charge < -0.3 is 14.2 Å². The van der Waals surface area contributed by atoms with Crippen molar-refractivity contribution in [3.63, 3.8) is 0 Å². The molecule has 0 spiro atoms. The number of rotatable bonds is 2. The molecule has 23 heavy (non-hydrogen) atoms. The maximum atomic E-state index is 12.8. The van der Waals surface area contributed by atoms with Crippen LogP contribution in [0.5, 0.6) is 0 Å². The molecule has 4 nitrogen and oxygen atoms in total. The Morgan fingerprint density at radius 2 is 1.91 bits per heavy atom. The first kappa shape index (κ1) is 14.8. The molecule has 1 aromatic heterocycles. The molecule has 0 radical (unpaired) electrons. The van der Waals surface area contributed by atoms with Gasteiger partial charge in [0.1, 0.15) is 5.76 Å². The number of carbonyl (C=O) groups excluding carboxylic acids is 1. The van der Waals surface area contributed by atoms with Crippen molar-refractivity contribution in [2.24, 2.45) is 0 Å². The van der Waals surface area contributed by atoms with Gasteiger partial charge in [-0.05, 0) is 37.1 Å². The molecule has 1 aromatic carbocycles. The number of halogens is 1. The Morgan fingerprint density at radius 1 is 1.09 bits per heavy atom. The number of fused-ring (bicyclic) bond motifs is 4. The van der Waals surface area contributed by atoms with E-state index in [0.29, 0.717) is 22.6 Å². The van der Waals surface area contributed by atoms with E-state index in [1.165, 1.54) is 0 Å². The minimum atomic E-state index is 0.00651. The molecule has 120 valence electrons. The molecule has 3 fully saturated rings. The number of nitrogens with zero attached hydrogens (tertiary/aromatic N) is 2. The maximum absolute atomic E-state index is 12.8. The van der Waals surface area contributed by atoms with Crippen molar-refractivity contribution in [2.75, 3.05) is 26.2 Å². The molecule has 0 unspecified atom stereocenters. The first-order chi connectivity index (χ1) is 11.2. The fourth-order valence-corrected chi connectivity index (χ4v) is 3.74. The molecular formula is C18H19ClN2O2. The molecule has 0 N–H and O–H groups in total. The van der Waals surface area contributed by atoms with E-state index in [9.17, 15) is 4.79 Å². The van der Waals surface area contributed by atoms with Crippen LogP contribution in [0.15, 0.2) is 40.8 Å². The third-order valence-electron chi connectivity index (χ3n) is 4.84. The van der Waals surface area contributed by atoms with Gasteiger partial charge in [0.25, 0.3) is 5.91 Å². The summed E-state index contributed by atoms with van der Waals surface area (Å²) in [6, 6.07) is 11.4. The first-order valence-corrected chi connectivity index (χ1v) is 8.47. The summed E-state index contributed by atoms with van der Waals surface area (Å²) in [5.74, 6) is 1.10. The lowest BCUT2D eigenvalue weighted by atomic mass is 10.1. The van der Waals surface area contributed by atoms with Crippen LogP contribution in [0.2, 0.25) is 5.02 Å². The molecule has 5 rings (SSSR count). The third-order valence-corrected chi connectivity index (χ3v) is 5.08. The van der Waals surface area contributed by atoms with E-state index in [1.807, 2.05) is 35.2 Å². The summed E-state index contributed by atoms with van der Waals surface area (Å²) in [4.78, 5) is 17.3. The number of piperidine rings is 1. The largest absolute Gasteiger partial charge is 0.451 e. The average Bonchev–Trinajstić information content (AvgIpc) is 2.88. The van der Waals surface area contributed by atoms with E-state index in [2.05, 4.69) is 4.90 Å². The lowest BCUT2D eigenvalue weighted by Crippen LogP contribution is -2.41. The van der Waals surface area contributed by atoms with Crippen molar-refractivity contribution in [1.29, 1.82) is 0 Å². The fourth-order valence-electron chi connectivity index (χ4n) is 3.54. The molecule has 3 aliphatic heterocycles. The Morgan fingerprint density at radius 3 is 2.70 bits per heavy atom. The van der Waals surface area contributed by atoms with Crippen molar-refractivity contribution in [3.8, 4) is 11.3 Å². The van der Waals surface area contributed by atoms with Crippen LogP contribution in [0, 0.1) is 0 Å². The number of carbonyl (C=O) groups is 1. The summed E-state index contributed by atoms with van der Waals surface area (Å²) < 4.78 is 5.82. The second-order valence-corrected chi connectivity index (χ2v) is 6.68. The fraction of sp³-hybridized carbons (Fsp3) is 0.389. The molecule has 5 heteroatoms. The van der Waals surface area contributed by atoms with E-state index in [4.69, 9.17) is 16.0 Å².